The fraction of sp³-hybridized carbons (Fsp3) is 0.412. The third kappa shape index (κ3) is 4.82. The number of hydrogen-bond donors (Lipinski definition) is 0. The van der Waals surface area contributed by atoms with E-state index in [4.69, 9.17) is 4.74 Å². The molecule has 5 nitrogen and oxygen atoms in total. The lowest BCUT2D eigenvalue weighted by Gasteiger charge is -2.21. The number of hydrogen-bond acceptors (Lipinski definition) is 4. The SMILES string of the molecule is O=Cc1cc(OC(F)(F)F)cc(-c2cnn(CC3CCOCC3)c2)c1. The third-order valence-corrected chi connectivity index (χ3v) is 4.05. The van der Waals surface area contributed by atoms with Crippen LogP contribution in [-0.2, 0) is 11.3 Å². The monoisotopic (exact) mass is 354 g/mol. The molecule has 1 aliphatic heterocycles. The molecule has 1 aliphatic rings. The van der Waals surface area contributed by atoms with Crippen LogP contribution in [0.3, 0.4) is 0 Å². The van der Waals surface area contributed by atoms with Gasteiger partial charge in [-0.3, -0.25) is 9.48 Å². The van der Waals surface area contributed by atoms with Gasteiger partial charge in [0.05, 0.1) is 6.20 Å². The minimum absolute atomic E-state index is 0.105. The second-order valence-electron chi connectivity index (χ2n) is 5.96. The zero-order chi connectivity index (χ0) is 17.9. The van der Waals surface area contributed by atoms with Crippen molar-refractivity contribution < 1.29 is 27.4 Å². The van der Waals surface area contributed by atoms with Crippen LogP contribution in [0, 0.1) is 5.92 Å². The van der Waals surface area contributed by atoms with Crippen LogP contribution in [0.1, 0.15) is 23.2 Å². The Hall–Kier alpha value is -2.35. The lowest BCUT2D eigenvalue weighted by atomic mass is 10.0. The van der Waals surface area contributed by atoms with Gasteiger partial charge in [0, 0.05) is 37.1 Å². The zero-order valence-electron chi connectivity index (χ0n) is 13.3. The second kappa shape index (κ2) is 7.26. The van der Waals surface area contributed by atoms with Crippen LogP contribution in [0.15, 0.2) is 30.6 Å². The summed E-state index contributed by atoms with van der Waals surface area (Å²) in [5.74, 6) is 0.0382. The van der Waals surface area contributed by atoms with E-state index in [1.165, 1.54) is 12.1 Å². The molecule has 0 bridgehead atoms. The van der Waals surface area contributed by atoms with Crippen molar-refractivity contribution >= 4 is 6.29 Å². The largest absolute Gasteiger partial charge is 0.573 e. The summed E-state index contributed by atoms with van der Waals surface area (Å²) in [6, 6.07) is 3.80. The van der Waals surface area contributed by atoms with Gasteiger partial charge in [-0.15, -0.1) is 13.2 Å². The van der Waals surface area contributed by atoms with Crippen molar-refractivity contribution in [3.8, 4) is 16.9 Å². The van der Waals surface area contributed by atoms with Gasteiger partial charge in [-0.25, -0.2) is 0 Å². The van der Waals surface area contributed by atoms with E-state index < -0.39 is 12.1 Å². The summed E-state index contributed by atoms with van der Waals surface area (Å²) in [5.41, 5.74) is 1.18. The quantitative estimate of drug-likeness (QED) is 0.769. The molecule has 1 aromatic carbocycles. The van der Waals surface area contributed by atoms with Crippen molar-refractivity contribution in [2.24, 2.45) is 5.92 Å². The number of ether oxygens (including phenoxy) is 2. The summed E-state index contributed by atoms with van der Waals surface area (Å²) in [6.45, 7) is 2.19. The molecule has 2 aromatic rings. The summed E-state index contributed by atoms with van der Waals surface area (Å²) in [4.78, 5) is 11.0. The molecular weight excluding hydrogens is 337 g/mol. The lowest BCUT2D eigenvalue weighted by molar-refractivity contribution is -0.274. The normalized spacial score (nSPS) is 16.0. The van der Waals surface area contributed by atoms with E-state index in [0.717, 1.165) is 38.7 Å². The maximum Gasteiger partial charge on any atom is 0.573 e. The average Bonchev–Trinajstić information content (AvgIpc) is 3.02. The Kier molecular flexibility index (Phi) is 5.08. The number of benzene rings is 1. The third-order valence-electron chi connectivity index (χ3n) is 4.05. The molecule has 134 valence electrons. The molecule has 25 heavy (non-hydrogen) atoms. The van der Waals surface area contributed by atoms with Gasteiger partial charge in [0.2, 0.25) is 0 Å². The maximum absolute atomic E-state index is 12.4. The molecule has 0 aliphatic carbocycles. The standard InChI is InChI=1S/C17H17F3N2O3/c18-17(19,20)25-16-6-13(11-23)5-14(7-16)15-8-21-22(10-15)9-12-1-3-24-4-2-12/h5-8,10-12H,1-4,9H2. The van der Waals surface area contributed by atoms with E-state index >= 15 is 0 Å². The van der Waals surface area contributed by atoms with Crippen LogP contribution < -0.4 is 4.74 Å². The number of aromatic nitrogens is 2. The molecule has 1 aromatic heterocycles. The van der Waals surface area contributed by atoms with Gasteiger partial charge in [0.25, 0.3) is 0 Å². The summed E-state index contributed by atoms with van der Waals surface area (Å²) in [7, 11) is 0. The average molecular weight is 354 g/mol. The number of rotatable bonds is 5. The number of aldehydes is 1. The molecule has 0 amide bonds. The Morgan fingerprint density at radius 2 is 2.00 bits per heavy atom. The molecule has 1 fully saturated rings. The highest BCUT2D eigenvalue weighted by atomic mass is 19.4. The van der Waals surface area contributed by atoms with Crippen molar-refractivity contribution in [1.82, 2.24) is 9.78 Å². The molecule has 3 rings (SSSR count). The van der Waals surface area contributed by atoms with Gasteiger partial charge < -0.3 is 9.47 Å². The molecule has 2 heterocycles. The van der Waals surface area contributed by atoms with E-state index in [-0.39, 0.29) is 5.56 Å². The Balaban J connectivity index is 1.80. The fourth-order valence-electron chi connectivity index (χ4n) is 2.86. The van der Waals surface area contributed by atoms with Gasteiger partial charge in [0.1, 0.15) is 12.0 Å². The smallest absolute Gasteiger partial charge is 0.406 e. The predicted octanol–water partition coefficient (Wildman–Crippen LogP) is 3.69. The van der Waals surface area contributed by atoms with Gasteiger partial charge in [-0.1, -0.05) is 0 Å². The van der Waals surface area contributed by atoms with E-state index in [1.807, 2.05) is 0 Å². The Bertz CT molecular complexity index is 737. The van der Waals surface area contributed by atoms with Crippen LogP contribution in [0.25, 0.3) is 11.1 Å². The van der Waals surface area contributed by atoms with Gasteiger partial charge in [-0.05, 0) is 42.5 Å². The highest BCUT2D eigenvalue weighted by Crippen LogP contribution is 2.29. The fourth-order valence-corrected chi connectivity index (χ4v) is 2.86. The summed E-state index contributed by atoms with van der Waals surface area (Å²) in [5, 5.41) is 4.27. The molecule has 0 saturated carbocycles. The lowest BCUT2D eigenvalue weighted by Crippen LogP contribution is -2.20. The summed E-state index contributed by atoms with van der Waals surface area (Å²) < 4.78 is 48.3. The minimum atomic E-state index is -4.81. The first-order valence-electron chi connectivity index (χ1n) is 7.89. The minimum Gasteiger partial charge on any atom is -0.406 e. The number of halogens is 3. The molecule has 1 saturated heterocycles. The van der Waals surface area contributed by atoms with E-state index in [0.29, 0.717) is 23.3 Å². The summed E-state index contributed by atoms with van der Waals surface area (Å²) in [6.07, 6.45) is 0.918. The molecule has 0 N–H and O–H groups in total. The van der Waals surface area contributed by atoms with Crippen LogP contribution in [-0.4, -0.2) is 35.6 Å². The van der Waals surface area contributed by atoms with Crippen molar-refractivity contribution in [3.63, 3.8) is 0 Å². The van der Waals surface area contributed by atoms with E-state index in [2.05, 4.69) is 9.84 Å². The van der Waals surface area contributed by atoms with Gasteiger partial charge >= 0.3 is 6.36 Å². The van der Waals surface area contributed by atoms with Crippen LogP contribution >= 0.6 is 0 Å². The number of alkyl halides is 3. The molecular formula is C17H17F3N2O3. The Morgan fingerprint density at radius 1 is 1.24 bits per heavy atom. The summed E-state index contributed by atoms with van der Waals surface area (Å²) >= 11 is 0. The molecule has 0 spiro atoms. The van der Waals surface area contributed by atoms with E-state index in [9.17, 15) is 18.0 Å². The topological polar surface area (TPSA) is 53.3 Å². The first-order valence-corrected chi connectivity index (χ1v) is 7.89. The molecule has 8 heteroatoms. The maximum atomic E-state index is 12.4. The molecule has 0 atom stereocenters. The van der Waals surface area contributed by atoms with Gasteiger partial charge in [0.15, 0.2) is 0 Å². The zero-order valence-corrected chi connectivity index (χ0v) is 13.3. The first kappa shape index (κ1) is 17.5. The number of nitrogens with zero attached hydrogens (tertiary/aromatic N) is 2. The Labute approximate surface area is 142 Å². The molecule has 0 unspecified atom stereocenters. The number of carbonyl (C=O) groups is 1. The Morgan fingerprint density at radius 3 is 2.68 bits per heavy atom. The van der Waals surface area contributed by atoms with Crippen molar-refractivity contribution in [2.75, 3.05) is 13.2 Å². The van der Waals surface area contributed by atoms with Crippen molar-refractivity contribution in [1.29, 1.82) is 0 Å². The van der Waals surface area contributed by atoms with E-state index in [1.54, 1.807) is 17.1 Å². The van der Waals surface area contributed by atoms with Crippen molar-refractivity contribution in [3.05, 3.63) is 36.2 Å². The predicted molar refractivity (Wildman–Crippen MR) is 83.3 cm³/mol. The number of carbonyl (C=O) groups excluding carboxylic acids is 1. The van der Waals surface area contributed by atoms with Crippen LogP contribution in [0.4, 0.5) is 13.2 Å². The van der Waals surface area contributed by atoms with Crippen molar-refractivity contribution in [2.45, 2.75) is 25.7 Å². The highest BCUT2D eigenvalue weighted by molar-refractivity contribution is 5.80. The van der Waals surface area contributed by atoms with Gasteiger partial charge in [-0.2, -0.15) is 5.10 Å². The van der Waals surface area contributed by atoms with Crippen LogP contribution in [0.2, 0.25) is 0 Å². The first-order chi connectivity index (χ1) is 11.9. The van der Waals surface area contributed by atoms with Crippen LogP contribution in [0.5, 0.6) is 5.75 Å². The highest BCUT2D eigenvalue weighted by Gasteiger charge is 2.31. The molecule has 0 radical (unpaired) electrons. The second-order valence-corrected chi connectivity index (χ2v) is 5.96.